The molecule has 0 bridgehead atoms. The van der Waals surface area contributed by atoms with Crippen LogP contribution in [0.2, 0.25) is 5.02 Å². The van der Waals surface area contributed by atoms with Crippen molar-refractivity contribution in [1.29, 1.82) is 5.26 Å². The van der Waals surface area contributed by atoms with Crippen LogP contribution in [0.5, 0.6) is 5.88 Å². The number of nitrogens with zero attached hydrogens (tertiary/aromatic N) is 6. The van der Waals surface area contributed by atoms with Gasteiger partial charge in [0.15, 0.2) is 11.0 Å². The predicted octanol–water partition coefficient (Wildman–Crippen LogP) is 4.90. The molecular formula is C32H26ClN7O6S2. The number of nitrogens with one attached hydrogen (secondary N) is 1. The monoisotopic (exact) mass is 703 g/mol. The Morgan fingerprint density at radius 1 is 1.06 bits per heavy atom. The standard InChI is InChI=1S/C32H26ClN7O6S2/c33-22-11-13-23(14-12-22)35-27(41)20-47-32-36-28(21-7-3-1-4-8-21)26(19-34)29(37-32)39-17-15-24(16-18-39)45-30-31(40(42)46-38-30)48(43,44)25-9-5-2-6-10-25/h1-14,24H,15-18,20H2,(H,35,41). The van der Waals surface area contributed by atoms with Crippen LogP contribution in [0.25, 0.3) is 11.3 Å². The van der Waals surface area contributed by atoms with Crippen LogP contribution in [-0.2, 0) is 14.6 Å². The third-order valence-corrected chi connectivity index (χ3v) is 10.2. The van der Waals surface area contributed by atoms with Crippen molar-refractivity contribution >= 4 is 50.6 Å². The second kappa shape index (κ2) is 14.3. The highest BCUT2D eigenvalue weighted by Crippen LogP contribution is 2.33. The molecule has 3 aromatic carbocycles. The number of ether oxygens (including phenoxy) is 1. The van der Waals surface area contributed by atoms with Gasteiger partial charge in [0.2, 0.25) is 5.91 Å². The molecule has 2 aromatic heterocycles. The highest BCUT2D eigenvalue weighted by Gasteiger charge is 2.38. The Labute approximate surface area is 284 Å². The van der Waals surface area contributed by atoms with Crippen molar-refractivity contribution in [1.82, 2.24) is 15.1 Å². The van der Waals surface area contributed by atoms with Gasteiger partial charge in [-0.2, -0.15) is 5.26 Å². The fourth-order valence-electron chi connectivity index (χ4n) is 5.06. The summed E-state index contributed by atoms with van der Waals surface area (Å²) in [6, 6.07) is 25.7. The molecule has 1 fully saturated rings. The second-order valence-electron chi connectivity index (χ2n) is 10.5. The summed E-state index contributed by atoms with van der Waals surface area (Å²) >= 11 is 7.07. The van der Waals surface area contributed by atoms with Gasteiger partial charge in [0.25, 0.3) is 9.84 Å². The van der Waals surface area contributed by atoms with E-state index < -0.39 is 26.8 Å². The van der Waals surface area contributed by atoms with Gasteiger partial charge in [0, 0.05) is 42.2 Å². The number of hydrogen-bond acceptors (Lipinski definition) is 12. The van der Waals surface area contributed by atoms with Crippen LogP contribution >= 0.6 is 23.4 Å². The van der Waals surface area contributed by atoms with Gasteiger partial charge in [-0.1, -0.05) is 71.9 Å². The molecule has 0 aliphatic carbocycles. The molecule has 1 aliphatic heterocycles. The minimum Gasteiger partial charge on any atom is -0.451 e. The number of aromatic nitrogens is 4. The molecule has 3 heterocycles. The fraction of sp³-hybridized carbons (Fsp3) is 0.188. The van der Waals surface area contributed by atoms with E-state index >= 15 is 0 Å². The normalized spacial score (nSPS) is 13.5. The number of sulfone groups is 1. The summed E-state index contributed by atoms with van der Waals surface area (Å²) in [6.45, 7) is 0.753. The smallest absolute Gasteiger partial charge is 0.415 e. The number of benzene rings is 3. The first kappa shape index (κ1) is 32.8. The Hall–Kier alpha value is -5.17. The number of hydrogen-bond donors (Lipinski definition) is 1. The molecule has 16 heteroatoms. The molecule has 0 spiro atoms. The van der Waals surface area contributed by atoms with Crippen LogP contribution in [0, 0.1) is 16.5 Å². The number of piperidine rings is 1. The van der Waals surface area contributed by atoms with Crippen molar-refractivity contribution in [3.05, 3.63) is 101 Å². The summed E-state index contributed by atoms with van der Waals surface area (Å²) in [5.74, 6) is -0.272. The number of rotatable bonds is 10. The lowest BCUT2D eigenvalue weighted by Gasteiger charge is -2.32. The molecular weight excluding hydrogens is 678 g/mol. The number of carbonyl (C=O) groups is 1. The molecule has 5 aromatic rings. The van der Waals surface area contributed by atoms with Crippen molar-refractivity contribution in [2.45, 2.75) is 34.0 Å². The fourth-order valence-corrected chi connectivity index (χ4v) is 7.11. The molecule has 13 nitrogen and oxygen atoms in total. The zero-order chi connectivity index (χ0) is 33.7. The van der Waals surface area contributed by atoms with E-state index in [0.29, 0.717) is 58.9 Å². The zero-order valence-corrected chi connectivity index (χ0v) is 27.4. The lowest BCUT2D eigenvalue weighted by molar-refractivity contribution is -0.832. The predicted molar refractivity (Wildman–Crippen MR) is 176 cm³/mol. The molecule has 1 N–H and O–H groups in total. The number of halogens is 1. The first-order valence-electron chi connectivity index (χ1n) is 14.6. The Kier molecular flexibility index (Phi) is 9.76. The van der Waals surface area contributed by atoms with Crippen LogP contribution < -0.4 is 19.9 Å². The minimum atomic E-state index is -4.27. The van der Waals surface area contributed by atoms with Crippen molar-refractivity contribution in [3.8, 4) is 23.2 Å². The van der Waals surface area contributed by atoms with Gasteiger partial charge in [-0.15, -0.1) is 0 Å². The van der Waals surface area contributed by atoms with Crippen LogP contribution in [0.1, 0.15) is 18.4 Å². The van der Waals surface area contributed by atoms with Gasteiger partial charge < -0.3 is 20.2 Å². The van der Waals surface area contributed by atoms with Crippen molar-refractivity contribution in [2.24, 2.45) is 0 Å². The van der Waals surface area contributed by atoms with Crippen LogP contribution in [0.4, 0.5) is 11.5 Å². The van der Waals surface area contributed by atoms with E-state index in [-0.39, 0.29) is 27.0 Å². The highest BCUT2D eigenvalue weighted by atomic mass is 35.5. The summed E-state index contributed by atoms with van der Waals surface area (Å²) in [4.78, 5) is 23.7. The van der Waals surface area contributed by atoms with Gasteiger partial charge in [0.05, 0.1) is 21.5 Å². The van der Waals surface area contributed by atoms with E-state index in [1.165, 1.54) is 24.3 Å². The molecule has 0 saturated carbocycles. The van der Waals surface area contributed by atoms with Crippen molar-refractivity contribution < 1.29 is 27.5 Å². The molecule has 0 radical (unpaired) electrons. The van der Waals surface area contributed by atoms with Gasteiger partial charge in [-0.3, -0.25) is 9.42 Å². The topological polar surface area (TPSA) is 178 Å². The van der Waals surface area contributed by atoms with Gasteiger partial charge >= 0.3 is 10.9 Å². The van der Waals surface area contributed by atoms with E-state index in [1.54, 1.807) is 30.3 Å². The van der Waals surface area contributed by atoms with Crippen molar-refractivity contribution in [3.63, 3.8) is 0 Å². The maximum atomic E-state index is 13.2. The summed E-state index contributed by atoms with van der Waals surface area (Å²) in [5.41, 5.74) is 2.02. The zero-order valence-electron chi connectivity index (χ0n) is 25.0. The Morgan fingerprint density at radius 2 is 1.73 bits per heavy atom. The Bertz CT molecular complexity index is 2070. The van der Waals surface area contributed by atoms with E-state index in [1.807, 2.05) is 35.2 Å². The summed E-state index contributed by atoms with van der Waals surface area (Å²) < 4.78 is 36.9. The Balaban J connectivity index is 1.20. The first-order chi connectivity index (χ1) is 23.2. The molecule has 1 aliphatic rings. The highest BCUT2D eigenvalue weighted by molar-refractivity contribution is 7.99. The third kappa shape index (κ3) is 7.20. The van der Waals surface area contributed by atoms with E-state index in [0.717, 1.165) is 11.8 Å². The van der Waals surface area contributed by atoms with Gasteiger partial charge in [-0.25, -0.2) is 18.4 Å². The quantitative estimate of drug-likeness (QED) is 0.118. The molecule has 1 amide bonds. The SMILES string of the molecule is N#Cc1c(-c2ccccc2)nc(SCC(=O)Nc2ccc(Cl)cc2)nc1N1CCC(Oc2no[n+]([O-])c2S(=O)(=O)c2ccccc2)CC1. The lowest BCUT2D eigenvalue weighted by Crippen LogP contribution is -2.39. The average molecular weight is 704 g/mol. The van der Waals surface area contributed by atoms with Crippen LogP contribution in [0.15, 0.2) is 105 Å². The van der Waals surface area contributed by atoms with E-state index in [4.69, 9.17) is 21.3 Å². The van der Waals surface area contributed by atoms with E-state index in [9.17, 15) is 23.7 Å². The number of nitriles is 1. The van der Waals surface area contributed by atoms with Gasteiger partial charge in [0.1, 0.15) is 17.7 Å². The van der Waals surface area contributed by atoms with Crippen LogP contribution in [-0.4, -0.2) is 54.4 Å². The molecule has 244 valence electrons. The number of amides is 1. The van der Waals surface area contributed by atoms with E-state index in [2.05, 4.69) is 26.2 Å². The maximum Gasteiger partial charge on any atom is 0.415 e. The summed E-state index contributed by atoms with van der Waals surface area (Å²) in [6.07, 6.45) is 0.262. The third-order valence-electron chi connectivity index (χ3n) is 7.36. The lowest BCUT2D eigenvalue weighted by atomic mass is 10.0. The number of carbonyl (C=O) groups excluding carboxylic acids is 1. The average Bonchev–Trinajstić information content (AvgIpc) is 3.49. The van der Waals surface area contributed by atoms with Gasteiger partial charge in [-0.05, 0) is 41.3 Å². The molecule has 48 heavy (non-hydrogen) atoms. The molecule has 1 saturated heterocycles. The summed E-state index contributed by atoms with van der Waals surface area (Å²) in [5, 5.41) is 29.1. The van der Waals surface area contributed by atoms with Crippen LogP contribution in [0.3, 0.4) is 0 Å². The van der Waals surface area contributed by atoms with Crippen molar-refractivity contribution in [2.75, 3.05) is 29.1 Å². The largest absolute Gasteiger partial charge is 0.451 e. The Morgan fingerprint density at radius 3 is 2.40 bits per heavy atom. The molecule has 6 rings (SSSR count). The second-order valence-corrected chi connectivity index (χ2v) is 13.8. The first-order valence-corrected chi connectivity index (χ1v) is 17.4. The summed E-state index contributed by atoms with van der Waals surface area (Å²) in [7, 11) is -4.27. The minimum absolute atomic E-state index is 0.0176. The molecule has 0 atom stereocenters. The molecule has 0 unspecified atom stereocenters. The maximum absolute atomic E-state index is 13.2. The number of anilines is 2. The number of thioether (sulfide) groups is 1.